The van der Waals surface area contributed by atoms with Gasteiger partial charge in [0.15, 0.2) is 34.5 Å². The summed E-state index contributed by atoms with van der Waals surface area (Å²) in [5.74, 6) is -2.44. The minimum absolute atomic E-state index is 0.0226. The molecular formula is C73H60N4O8. The van der Waals surface area contributed by atoms with Crippen molar-refractivity contribution < 1.29 is 40.9 Å². The van der Waals surface area contributed by atoms with Gasteiger partial charge in [-0.3, -0.25) is 0 Å². The van der Waals surface area contributed by atoms with Crippen molar-refractivity contribution in [3.8, 4) is 40.2 Å². The Morgan fingerprint density at radius 1 is 0.412 bits per heavy atom. The van der Waals surface area contributed by atoms with Crippen LogP contribution < -0.4 is 0 Å². The number of hydrogen-bond acceptors (Lipinski definition) is 8. The van der Waals surface area contributed by atoms with E-state index < -0.39 is 34.0 Å². The molecule has 0 saturated heterocycles. The van der Waals surface area contributed by atoms with Crippen LogP contribution in [0.1, 0.15) is 80.5 Å². The maximum absolute atomic E-state index is 12.2. The molecule has 2 atom stereocenters. The Morgan fingerprint density at radius 3 is 1.34 bits per heavy atom. The van der Waals surface area contributed by atoms with Crippen LogP contribution in [0, 0.1) is 0 Å². The zero-order valence-corrected chi connectivity index (χ0v) is 46.2. The van der Waals surface area contributed by atoms with Crippen molar-refractivity contribution in [1.29, 1.82) is 0 Å². The molecule has 0 spiro atoms. The number of hydrogen-bond donors (Lipinski definition) is 12. The Balaban J connectivity index is 0.000000119. The number of benzene rings is 9. The van der Waals surface area contributed by atoms with E-state index in [1.54, 1.807) is 24.4 Å². The fourth-order valence-electron chi connectivity index (χ4n) is 13.2. The number of allylic oxidation sites excluding steroid dienone is 3. The molecule has 85 heavy (non-hydrogen) atoms. The van der Waals surface area contributed by atoms with Gasteiger partial charge in [0.2, 0.25) is 0 Å². The molecule has 2 aliphatic carbocycles. The molecule has 0 bridgehead atoms. The molecule has 0 radical (unpaired) electrons. The number of phenolic OH excluding ortho intramolecular Hbond substituents is 7. The Labute approximate surface area is 488 Å². The minimum Gasteiger partial charge on any atom is -0.508 e. The van der Waals surface area contributed by atoms with Crippen molar-refractivity contribution in [2.45, 2.75) is 43.1 Å². The van der Waals surface area contributed by atoms with Crippen LogP contribution in [-0.2, 0) is 23.9 Å². The Hall–Kier alpha value is -10.8. The lowest BCUT2D eigenvalue weighted by molar-refractivity contribution is 0.146. The number of phenols is 7. The highest BCUT2D eigenvalue weighted by atomic mass is 16.3. The highest BCUT2D eigenvalue weighted by Gasteiger charge is 2.43. The van der Waals surface area contributed by atoms with Gasteiger partial charge in [0, 0.05) is 90.9 Å². The molecule has 13 aromatic rings. The second-order valence-electron chi connectivity index (χ2n) is 21.8. The van der Waals surface area contributed by atoms with Crippen molar-refractivity contribution in [1.82, 2.24) is 19.9 Å². The summed E-state index contributed by atoms with van der Waals surface area (Å²) in [6.07, 6.45) is 14.4. The average Bonchev–Trinajstić information content (AvgIpc) is 1.86. The van der Waals surface area contributed by atoms with Gasteiger partial charge in [-0.25, -0.2) is 0 Å². The molecule has 12 heteroatoms. The standard InChI is InChI=1S/C26H23NO3.C24H19NO4.C23H18N2O/c1-2-26(17-13-23(28)25(30)24(29)14-17,20-12-11-16-7-3-4-8-18(16)20)21-15-27-22-10-6-5-9-19(21)22;26-21-11-15(12-22(27)23(21)28)24(29,18-10-9-14-5-1-2-6-16(14)18)19-13-25-20-8-4-3-7-17(19)20;26-16-7-5-6-15(12-16)23(19-13-24-21-10-3-1-8-17(19)21)20-14-25-22-11-4-2-9-18(20)22/h3-10,12-15,27-30H,2,11H2,1H3;1-8,10-13,25-29H,9H2;1-14,23-26H. The van der Waals surface area contributed by atoms with E-state index in [4.69, 9.17) is 0 Å². The normalized spacial score (nSPS) is 14.0. The molecule has 0 aliphatic heterocycles. The van der Waals surface area contributed by atoms with Gasteiger partial charge in [-0.15, -0.1) is 0 Å². The predicted octanol–water partition coefficient (Wildman–Crippen LogP) is 15.3. The predicted molar refractivity (Wildman–Crippen MR) is 335 cm³/mol. The first-order valence-corrected chi connectivity index (χ1v) is 28.2. The van der Waals surface area contributed by atoms with E-state index >= 15 is 0 Å². The SMILES string of the molecule is CCC(C1=CCc2ccccc21)(c1cc(O)c(O)c(O)c1)c1c[nH]c2ccccc12.Oc1cc(C(O)(C2=CCc3ccccc32)c2c[nH]c3ccccc23)cc(O)c1O.Oc1cccc(C(c2c[nH]c3ccccc23)c2c[nH]c3ccccc23)c1. The van der Waals surface area contributed by atoms with E-state index in [2.05, 4.69) is 106 Å². The topological polar surface area (TPSA) is 225 Å². The van der Waals surface area contributed by atoms with Gasteiger partial charge >= 0.3 is 0 Å². The summed E-state index contributed by atoms with van der Waals surface area (Å²) in [6, 6.07) is 61.9. The molecule has 2 unspecified atom stereocenters. The largest absolute Gasteiger partial charge is 0.508 e. The molecule has 4 heterocycles. The Bertz CT molecular complexity index is 4630. The number of aromatic nitrogens is 4. The molecule has 420 valence electrons. The maximum atomic E-state index is 12.2. The zero-order valence-electron chi connectivity index (χ0n) is 46.2. The van der Waals surface area contributed by atoms with Crippen molar-refractivity contribution in [3.63, 3.8) is 0 Å². The summed E-state index contributed by atoms with van der Waals surface area (Å²) in [5, 5.41) is 87.4. The first-order chi connectivity index (χ1) is 41.4. The van der Waals surface area contributed by atoms with Crippen LogP contribution in [-0.4, -0.2) is 60.8 Å². The third kappa shape index (κ3) is 9.07. The van der Waals surface area contributed by atoms with Crippen LogP contribution in [0.3, 0.4) is 0 Å². The minimum atomic E-state index is -1.66. The lowest BCUT2D eigenvalue weighted by atomic mass is 9.65. The van der Waals surface area contributed by atoms with Crippen LogP contribution in [0.25, 0.3) is 54.8 Å². The van der Waals surface area contributed by atoms with Crippen LogP contribution in [0.15, 0.2) is 231 Å². The van der Waals surface area contributed by atoms with Gasteiger partial charge in [0.25, 0.3) is 0 Å². The number of rotatable bonds is 10. The summed E-state index contributed by atoms with van der Waals surface area (Å²) in [6.45, 7) is 2.12. The highest BCUT2D eigenvalue weighted by Crippen LogP contribution is 2.55. The fraction of sp³-hybridized carbons (Fsp3) is 0.0959. The van der Waals surface area contributed by atoms with Crippen LogP contribution in [0.2, 0.25) is 0 Å². The summed E-state index contributed by atoms with van der Waals surface area (Å²) in [4.78, 5) is 13.4. The summed E-state index contributed by atoms with van der Waals surface area (Å²) >= 11 is 0. The number of aromatic amines is 4. The van der Waals surface area contributed by atoms with Crippen LogP contribution >= 0.6 is 0 Å². The van der Waals surface area contributed by atoms with E-state index in [0.29, 0.717) is 24.0 Å². The molecule has 12 nitrogen and oxygen atoms in total. The van der Waals surface area contributed by atoms with Gasteiger partial charge in [-0.1, -0.05) is 153 Å². The second-order valence-corrected chi connectivity index (χ2v) is 21.8. The van der Waals surface area contributed by atoms with Gasteiger partial charge in [0.05, 0.1) is 0 Å². The molecular weight excluding hydrogens is 1060 g/mol. The molecule has 0 fully saturated rings. The molecule has 12 N–H and O–H groups in total. The summed E-state index contributed by atoms with van der Waals surface area (Å²) in [7, 11) is 0. The van der Waals surface area contributed by atoms with Gasteiger partial charge < -0.3 is 60.8 Å². The summed E-state index contributed by atoms with van der Waals surface area (Å²) < 4.78 is 0. The van der Waals surface area contributed by atoms with E-state index in [1.807, 2.05) is 115 Å². The van der Waals surface area contributed by atoms with Crippen molar-refractivity contribution in [2.75, 3.05) is 0 Å². The summed E-state index contributed by atoms with van der Waals surface area (Å²) in [5.41, 5.74) is 14.3. The Kier molecular flexibility index (Phi) is 13.5. The van der Waals surface area contributed by atoms with Crippen LogP contribution in [0.5, 0.6) is 40.2 Å². The third-order valence-corrected chi connectivity index (χ3v) is 17.2. The number of aliphatic hydroxyl groups is 1. The monoisotopic (exact) mass is 1120 g/mol. The average molecular weight is 1120 g/mol. The molecule has 4 aromatic heterocycles. The number of H-pyrrole nitrogens is 4. The molecule has 9 aromatic carbocycles. The number of aromatic hydroxyl groups is 7. The highest BCUT2D eigenvalue weighted by molar-refractivity contribution is 5.95. The quantitative estimate of drug-likeness (QED) is 0.0589. The Morgan fingerprint density at radius 2 is 0.824 bits per heavy atom. The fourth-order valence-corrected chi connectivity index (χ4v) is 13.2. The van der Waals surface area contributed by atoms with Crippen molar-refractivity contribution in [3.05, 3.63) is 292 Å². The molecule has 0 saturated carbocycles. The maximum Gasteiger partial charge on any atom is 0.200 e. The second kappa shape index (κ2) is 21.5. The van der Waals surface area contributed by atoms with Crippen LogP contribution in [0.4, 0.5) is 0 Å². The smallest absolute Gasteiger partial charge is 0.200 e. The van der Waals surface area contributed by atoms with Gasteiger partial charge in [0.1, 0.15) is 11.4 Å². The van der Waals surface area contributed by atoms with Crippen molar-refractivity contribution in [2.24, 2.45) is 0 Å². The molecule has 0 amide bonds. The number of para-hydroxylation sites is 4. The number of fused-ring (bicyclic) bond motifs is 6. The lowest BCUT2D eigenvalue weighted by Crippen LogP contribution is -2.28. The molecule has 15 rings (SSSR count). The van der Waals surface area contributed by atoms with E-state index in [1.165, 1.54) is 45.2 Å². The van der Waals surface area contributed by atoms with E-state index in [9.17, 15) is 40.9 Å². The van der Waals surface area contributed by atoms with Gasteiger partial charge in [-0.2, -0.15) is 0 Å². The molecule has 2 aliphatic rings. The van der Waals surface area contributed by atoms with E-state index in [-0.39, 0.29) is 28.7 Å². The van der Waals surface area contributed by atoms with E-state index in [0.717, 1.165) is 72.7 Å². The lowest BCUT2D eigenvalue weighted by Gasteiger charge is -2.36. The first kappa shape index (κ1) is 53.5. The number of nitrogens with one attached hydrogen (secondary N) is 4. The van der Waals surface area contributed by atoms with Crippen molar-refractivity contribution >= 4 is 54.8 Å². The first-order valence-electron chi connectivity index (χ1n) is 28.2. The third-order valence-electron chi connectivity index (χ3n) is 17.2. The van der Waals surface area contributed by atoms with Gasteiger partial charge in [-0.05, 0) is 141 Å². The zero-order chi connectivity index (χ0) is 58.6.